The summed E-state index contributed by atoms with van der Waals surface area (Å²) >= 11 is 0. The minimum Gasteiger partial charge on any atom is -0.478 e. The number of hydrogen-bond donors (Lipinski definition) is 3. The van der Waals surface area contributed by atoms with Crippen LogP contribution in [0.25, 0.3) is 0 Å². The lowest BCUT2D eigenvalue weighted by Gasteiger charge is -2.14. The van der Waals surface area contributed by atoms with Crippen LogP contribution in [0.4, 0.5) is 15.8 Å². The average Bonchev–Trinajstić information content (AvgIpc) is 2.69. The van der Waals surface area contributed by atoms with Gasteiger partial charge in [0.2, 0.25) is 0 Å². The number of rotatable bonds is 7. The van der Waals surface area contributed by atoms with Crippen molar-refractivity contribution in [2.24, 2.45) is 0 Å². The van der Waals surface area contributed by atoms with E-state index in [1.807, 2.05) is 0 Å². The van der Waals surface area contributed by atoms with Gasteiger partial charge >= 0.3 is 5.97 Å². The van der Waals surface area contributed by atoms with Gasteiger partial charge in [-0.3, -0.25) is 9.44 Å². The highest BCUT2D eigenvalue weighted by atomic mass is 32.2. The molecule has 156 valence electrons. The van der Waals surface area contributed by atoms with Gasteiger partial charge in [-0.15, -0.1) is 0 Å². The lowest BCUT2D eigenvalue weighted by atomic mass is 10.2. The summed E-state index contributed by atoms with van der Waals surface area (Å²) in [6, 6.07) is 14.4. The van der Waals surface area contributed by atoms with Crippen LogP contribution < -0.4 is 9.44 Å². The molecule has 3 aromatic rings. The molecule has 0 radical (unpaired) electrons. The first-order valence-electron chi connectivity index (χ1n) is 8.32. The van der Waals surface area contributed by atoms with Gasteiger partial charge in [-0.1, -0.05) is 12.1 Å². The largest absolute Gasteiger partial charge is 0.478 e. The maximum absolute atomic E-state index is 13.1. The summed E-state index contributed by atoms with van der Waals surface area (Å²) < 4.78 is 67.9. The van der Waals surface area contributed by atoms with Gasteiger partial charge in [-0.05, 0) is 60.7 Å². The van der Waals surface area contributed by atoms with E-state index in [0.717, 1.165) is 48.5 Å². The summed E-state index contributed by atoms with van der Waals surface area (Å²) in [6.45, 7) is 0. The molecule has 0 aliphatic carbocycles. The topological polar surface area (TPSA) is 130 Å². The molecule has 0 aliphatic heterocycles. The van der Waals surface area contributed by atoms with E-state index < -0.39 is 31.8 Å². The van der Waals surface area contributed by atoms with Crippen molar-refractivity contribution in [2.45, 2.75) is 9.79 Å². The van der Waals surface area contributed by atoms with Gasteiger partial charge in [0.05, 0.1) is 26.7 Å². The highest BCUT2D eigenvalue weighted by Gasteiger charge is 2.20. The minimum absolute atomic E-state index is 0.0486. The quantitative estimate of drug-likeness (QED) is 0.507. The number of para-hydroxylation sites is 2. The molecule has 3 rings (SSSR count). The molecule has 8 nitrogen and oxygen atoms in total. The number of hydrogen-bond acceptors (Lipinski definition) is 5. The highest BCUT2D eigenvalue weighted by Crippen LogP contribution is 2.27. The third-order valence-corrected chi connectivity index (χ3v) is 6.71. The van der Waals surface area contributed by atoms with Crippen LogP contribution in [0.2, 0.25) is 0 Å². The van der Waals surface area contributed by atoms with E-state index >= 15 is 0 Å². The molecule has 0 fully saturated rings. The van der Waals surface area contributed by atoms with Crippen molar-refractivity contribution in [2.75, 3.05) is 9.44 Å². The second-order valence-electron chi connectivity index (χ2n) is 6.04. The molecule has 30 heavy (non-hydrogen) atoms. The fourth-order valence-electron chi connectivity index (χ4n) is 2.46. The molecule has 0 bridgehead atoms. The Kier molecular flexibility index (Phi) is 5.76. The van der Waals surface area contributed by atoms with Crippen molar-refractivity contribution >= 4 is 37.4 Å². The fraction of sp³-hybridized carbons (Fsp3) is 0. The van der Waals surface area contributed by atoms with Gasteiger partial charge in [0.15, 0.2) is 0 Å². The number of nitrogens with one attached hydrogen (secondary N) is 2. The number of halogens is 1. The number of sulfonamides is 2. The summed E-state index contributed by atoms with van der Waals surface area (Å²) in [5.74, 6) is -1.80. The zero-order valence-corrected chi connectivity index (χ0v) is 16.7. The lowest BCUT2D eigenvalue weighted by molar-refractivity contribution is 0.0696. The minimum atomic E-state index is -4.13. The zero-order chi connectivity index (χ0) is 21.9. The normalized spacial score (nSPS) is 11.6. The molecule has 0 heterocycles. The Hall–Kier alpha value is -3.44. The first-order chi connectivity index (χ1) is 14.1. The molecule has 0 spiro atoms. The van der Waals surface area contributed by atoms with Crippen LogP contribution in [-0.4, -0.2) is 27.9 Å². The maximum atomic E-state index is 13.1. The van der Waals surface area contributed by atoms with E-state index in [1.165, 1.54) is 24.3 Å². The Morgan fingerprint density at radius 1 is 0.700 bits per heavy atom. The van der Waals surface area contributed by atoms with Gasteiger partial charge < -0.3 is 5.11 Å². The van der Waals surface area contributed by atoms with Gasteiger partial charge in [0.25, 0.3) is 20.0 Å². The molecule has 3 aromatic carbocycles. The third-order valence-electron chi connectivity index (χ3n) is 3.95. The van der Waals surface area contributed by atoms with Crippen molar-refractivity contribution in [3.05, 3.63) is 84.2 Å². The Bertz CT molecular complexity index is 1290. The Balaban J connectivity index is 1.89. The van der Waals surface area contributed by atoms with Crippen molar-refractivity contribution in [1.82, 2.24) is 0 Å². The van der Waals surface area contributed by atoms with Gasteiger partial charge in [0.1, 0.15) is 5.82 Å². The van der Waals surface area contributed by atoms with Crippen LogP contribution in [0.5, 0.6) is 0 Å². The molecule has 0 saturated heterocycles. The summed E-state index contributed by atoms with van der Waals surface area (Å²) in [5.41, 5.74) is -0.181. The summed E-state index contributed by atoms with van der Waals surface area (Å²) in [5, 5.41) is 8.92. The molecule has 0 amide bonds. The van der Waals surface area contributed by atoms with Crippen LogP contribution in [0.15, 0.2) is 82.6 Å². The second-order valence-corrected chi connectivity index (χ2v) is 9.40. The SMILES string of the molecule is O=C(O)c1ccc(S(=O)(=O)Nc2ccccc2NS(=O)(=O)c2ccc(F)cc2)cc1. The van der Waals surface area contributed by atoms with E-state index in [0.29, 0.717) is 0 Å². The molecule has 11 heteroatoms. The average molecular weight is 450 g/mol. The Morgan fingerprint density at radius 2 is 1.10 bits per heavy atom. The zero-order valence-electron chi connectivity index (χ0n) is 15.1. The molecule has 0 saturated carbocycles. The summed E-state index contributed by atoms with van der Waals surface area (Å²) in [7, 11) is -8.24. The van der Waals surface area contributed by atoms with Gasteiger partial charge in [-0.2, -0.15) is 0 Å². The smallest absolute Gasteiger partial charge is 0.335 e. The first kappa shape index (κ1) is 21.3. The number of aromatic carboxylic acids is 1. The van der Waals surface area contributed by atoms with E-state index in [2.05, 4.69) is 9.44 Å². The summed E-state index contributed by atoms with van der Waals surface area (Å²) in [6.07, 6.45) is 0. The van der Waals surface area contributed by atoms with E-state index in [4.69, 9.17) is 5.11 Å². The molecule has 0 unspecified atom stereocenters. The predicted molar refractivity (Wildman–Crippen MR) is 108 cm³/mol. The van der Waals surface area contributed by atoms with Crippen molar-refractivity contribution in [1.29, 1.82) is 0 Å². The number of carboxylic acid groups (broad SMARTS) is 1. The molecular formula is C19H15FN2O6S2. The monoisotopic (exact) mass is 450 g/mol. The molecule has 3 N–H and O–H groups in total. The number of carboxylic acids is 1. The number of anilines is 2. The van der Waals surface area contributed by atoms with E-state index in [1.54, 1.807) is 0 Å². The van der Waals surface area contributed by atoms with E-state index in [9.17, 15) is 26.0 Å². The Morgan fingerprint density at radius 3 is 1.50 bits per heavy atom. The number of benzene rings is 3. The molecular weight excluding hydrogens is 435 g/mol. The van der Waals surface area contributed by atoms with Crippen LogP contribution in [-0.2, 0) is 20.0 Å². The third kappa shape index (κ3) is 4.75. The number of carbonyl (C=O) groups is 1. The van der Waals surface area contributed by atoms with Crippen molar-refractivity contribution < 1.29 is 31.1 Å². The molecule has 0 atom stereocenters. The molecule has 0 aliphatic rings. The first-order valence-corrected chi connectivity index (χ1v) is 11.3. The predicted octanol–water partition coefficient (Wildman–Crippen LogP) is 3.13. The lowest BCUT2D eigenvalue weighted by Crippen LogP contribution is -2.17. The second kappa shape index (κ2) is 8.13. The fourth-order valence-corrected chi connectivity index (χ4v) is 4.62. The van der Waals surface area contributed by atoms with Crippen LogP contribution >= 0.6 is 0 Å². The van der Waals surface area contributed by atoms with Crippen LogP contribution in [0.3, 0.4) is 0 Å². The van der Waals surface area contributed by atoms with E-state index in [-0.39, 0.29) is 26.7 Å². The van der Waals surface area contributed by atoms with Crippen LogP contribution in [0.1, 0.15) is 10.4 Å². The Labute approximate surface area is 172 Å². The maximum Gasteiger partial charge on any atom is 0.335 e. The highest BCUT2D eigenvalue weighted by molar-refractivity contribution is 7.93. The van der Waals surface area contributed by atoms with Crippen molar-refractivity contribution in [3.8, 4) is 0 Å². The molecule has 0 aromatic heterocycles. The van der Waals surface area contributed by atoms with Gasteiger partial charge in [0, 0.05) is 0 Å². The van der Waals surface area contributed by atoms with Crippen molar-refractivity contribution in [3.63, 3.8) is 0 Å². The summed E-state index contributed by atoms with van der Waals surface area (Å²) in [4.78, 5) is 10.5. The standard InChI is InChI=1S/C19H15FN2O6S2/c20-14-7-11-16(12-8-14)30(27,28)22-18-4-2-1-3-17(18)21-29(25,26)15-9-5-13(6-10-15)19(23)24/h1-12,21-22H,(H,23,24). The van der Waals surface area contributed by atoms with Crippen LogP contribution in [0, 0.1) is 5.82 Å². The van der Waals surface area contributed by atoms with Gasteiger partial charge in [-0.25, -0.2) is 26.0 Å².